The average molecular weight is 1010 g/mol. The van der Waals surface area contributed by atoms with E-state index in [0.717, 1.165) is 39.7 Å². The third kappa shape index (κ3) is 11.9. The lowest BCUT2D eigenvalue weighted by atomic mass is 9.88. The lowest BCUT2D eigenvalue weighted by Gasteiger charge is -2.48. The number of anilines is 1. The molecule has 0 radical (unpaired) electrons. The van der Waals surface area contributed by atoms with Crippen molar-refractivity contribution >= 4 is 46.0 Å². The maximum absolute atomic E-state index is 15.7. The lowest BCUT2D eigenvalue weighted by Crippen LogP contribution is -2.62. The number of nitrogens with one attached hydrogen (secondary N) is 2. The average Bonchev–Trinajstić information content (AvgIpc) is 3.74. The van der Waals surface area contributed by atoms with Gasteiger partial charge in [-0.25, -0.2) is 19.4 Å². The summed E-state index contributed by atoms with van der Waals surface area (Å²) in [5.41, 5.74) is -5.80. The zero-order valence-corrected chi connectivity index (χ0v) is 36.1. The Labute approximate surface area is 370 Å². The number of alkyl halides is 6. The number of halogens is 8. The van der Waals surface area contributed by atoms with Gasteiger partial charge in [0, 0.05) is 66.8 Å². The molecule has 23 heteroatoms. The number of rotatable bonds is 19. The van der Waals surface area contributed by atoms with Crippen molar-refractivity contribution in [2.75, 3.05) is 65.5 Å². The number of hydrogen-bond acceptors (Lipinski definition) is 12. The van der Waals surface area contributed by atoms with Crippen molar-refractivity contribution in [3.05, 3.63) is 82.5 Å². The van der Waals surface area contributed by atoms with Gasteiger partial charge in [-0.3, -0.25) is 19.4 Å². The molecule has 1 aliphatic heterocycles. The molecule has 3 aromatic rings. The molecule has 1 fully saturated rings. The second kappa shape index (κ2) is 20.9. The van der Waals surface area contributed by atoms with Gasteiger partial charge in [-0.05, 0) is 50.2 Å². The van der Waals surface area contributed by atoms with Gasteiger partial charge >= 0.3 is 10.1 Å². The van der Waals surface area contributed by atoms with Gasteiger partial charge in [0.25, 0.3) is 11.8 Å². The topological polar surface area (TPSA) is 190 Å². The fourth-order valence-electron chi connectivity index (χ4n) is 7.03. The highest BCUT2D eigenvalue weighted by atomic mass is 127. The number of carbonyl (C=O) groups excluding carboxylic acids is 3. The van der Waals surface area contributed by atoms with Crippen LogP contribution in [0.15, 0.2) is 54.1 Å². The van der Waals surface area contributed by atoms with Crippen molar-refractivity contribution in [1.29, 1.82) is 0 Å². The largest absolute Gasteiger partial charge is 0.509 e. The summed E-state index contributed by atoms with van der Waals surface area (Å²) < 4.78 is 108. The first kappa shape index (κ1) is 49.3. The summed E-state index contributed by atoms with van der Waals surface area (Å²) in [7, 11) is 3.17. The van der Waals surface area contributed by atoms with Crippen LogP contribution in [0.2, 0.25) is 0 Å². The summed E-state index contributed by atoms with van der Waals surface area (Å²) in [4.78, 5) is 49.1. The molecule has 1 saturated carbocycles. The number of hydrogen-bond donors (Lipinski definition) is 5. The summed E-state index contributed by atoms with van der Waals surface area (Å²) in [6.07, 6.45) is -3.65. The lowest BCUT2D eigenvalue weighted by molar-refractivity contribution is -0.163. The highest BCUT2D eigenvalue weighted by molar-refractivity contribution is 14.1. The summed E-state index contributed by atoms with van der Waals surface area (Å²) >= 11 is 0.784. The van der Waals surface area contributed by atoms with Crippen LogP contribution in [-0.2, 0) is 35.8 Å². The number of amides is 3. The van der Waals surface area contributed by atoms with Gasteiger partial charge in [-0.2, -0.15) is 26.3 Å². The van der Waals surface area contributed by atoms with E-state index in [4.69, 9.17) is 14.6 Å². The van der Waals surface area contributed by atoms with Gasteiger partial charge < -0.3 is 40.3 Å². The van der Waals surface area contributed by atoms with E-state index in [-0.39, 0.29) is 69.3 Å². The molecule has 0 saturated heterocycles. The number of benzene rings is 2. The van der Waals surface area contributed by atoms with E-state index in [1.165, 1.54) is 24.2 Å². The predicted molar refractivity (Wildman–Crippen MR) is 219 cm³/mol. The Morgan fingerprint density at radius 1 is 1.02 bits per heavy atom. The molecule has 15 nitrogen and oxygen atoms in total. The van der Waals surface area contributed by atoms with Crippen LogP contribution in [0.3, 0.4) is 0 Å². The summed E-state index contributed by atoms with van der Waals surface area (Å²) in [6.45, 7) is -0.240. The second-order valence-electron chi connectivity index (χ2n) is 14.9. The van der Waals surface area contributed by atoms with E-state index >= 15 is 8.78 Å². The molecule has 1 unspecified atom stereocenters. The minimum Gasteiger partial charge on any atom is -0.509 e. The van der Waals surface area contributed by atoms with E-state index in [0.29, 0.717) is 37.8 Å². The monoisotopic (exact) mass is 1010 g/mol. The maximum Gasteiger partial charge on any atom is 0.416 e. The number of aliphatic hydroxyl groups excluding tert-OH is 3. The van der Waals surface area contributed by atoms with Gasteiger partial charge in [0.1, 0.15) is 30.0 Å². The van der Waals surface area contributed by atoms with Gasteiger partial charge in [-0.15, -0.1) is 0 Å². The van der Waals surface area contributed by atoms with Crippen molar-refractivity contribution in [1.82, 2.24) is 30.2 Å². The molecule has 0 bridgehead atoms. The first-order valence-electron chi connectivity index (χ1n) is 19.5. The van der Waals surface area contributed by atoms with Gasteiger partial charge in [0.2, 0.25) is 11.7 Å². The second-order valence-corrected chi connectivity index (χ2v) is 16.2. The van der Waals surface area contributed by atoms with Crippen LogP contribution in [0.4, 0.5) is 36.4 Å². The van der Waals surface area contributed by atoms with Gasteiger partial charge in [-0.1, -0.05) is 18.9 Å². The third-order valence-corrected chi connectivity index (χ3v) is 11.2. The van der Waals surface area contributed by atoms with E-state index in [1.807, 2.05) is 0 Å². The van der Waals surface area contributed by atoms with E-state index in [2.05, 4.69) is 20.6 Å². The first-order chi connectivity index (χ1) is 29.7. The minimum absolute atomic E-state index is 0.0392. The zero-order chi connectivity index (χ0) is 46.3. The number of aliphatic hydroxyl groups is 3. The fourth-order valence-corrected chi connectivity index (χ4v) is 7.33. The fraction of sp³-hybridized carbons (Fsp3) is 0.475. The molecule has 3 amide bonds. The highest BCUT2D eigenvalue weighted by Crippen LogP contribution is 2.45. The Morgan fingerprint density at radius 2 is 1.71 bits per heavy atom. The predicted octanol–water partition coefficient (Wildman–Crippen LogP) is 5.06. The Morgan fingerprint density at radius 3 is 2.38 bits per heavy atom. The molecule has 1 aliphatic carbocycles. The maximum atomic E-state index is 15.7. The summed E-state index contributed by atoms with van der Waals surface area (Å²) in [5, 5.41) is 36.8. The molecule has 1 spiro atoms. The molecular formula is C40H45F7IN7O8. The number of carbonyl (C=O) groups is 3. The molecule has 2 aliphatic rings. The van der Waals surface area contributed by atoms with Gasteiger partial charge in [0.15, 0.2) is 11.6 Å². The van der Waals surface area contributed by atoms with Crippen LogP contribution in [0.1, 0.15) is 48.9 Å². The number of aromatic nitrogens is 2. The van der Waals surface area contributed by atoms with E-state index in [9.17, 15) is 46.5 Å². The summed E-state index contributed by atoms with van der Waals surface area (Å²) in [5.74, 6) is -6.57. The molecule has 5 rings (SSSR count). The molecule has 2 heterocycles. The Hall–Kier alpha value is -4.69. The van der Waals surface area contributed by atoms with Crippen molar-refractivity contribution in [2.45, 2.75) is 60.4 Å². The molecular weight excluding hydrogens is 966 g/mol. The van der Waals surface area contributed by atoms with Gasteiger partial charge in [0.05, 0.1) is 55.0 Å². The van der Waals surface area contributed by atoms with Crippen LogP contribution in [0, 0.1) is 11.6 Å². The highest BCUT2D eigenvalue weighted by Gasteiger charge is 2.53. The van der Waals surface area contributed by atoms with Crippen molar-refractivity contribution in [3.63, 3.8) is 0 Å². The molecule has 1 aromatic heterocycles. The zero-order valence-electron chi connectivity index (χ0n) is 34.0. The SMILES string of the molecule is CN(CCOCCC(=O)NCC(O)CO)CCOc1ccc(CN2C(=O)C(C(=O)Nc3ccc(C(F)(F)F)cc3-c3cc(C(F)(F)I)ncn3)=C(O)C3(CCCC3)N2C)c(F)c1F. The quantitative estimate of drug-likeness (QED) is 0.0354. The van der Waals surface area contributed by atoms with Crippen LogP contribution >= 0.6 is 22.6 Å². The standard InChI is InChI=1S/C40H45F7IN7O8/c1-53(12-15-62-14-9-31(58)49-19-25(57)21-56)13-16-63-29-8-5-23(33(41)34(29)42)20-55-37(61)32(35(59)38(54(55)2)10-3-4-11-38)36(60)52-27-7-6-24(39(43,44)45)17-26(27)28-18-30(40(46,47)48)51-22-50-28/h5-8,17-18,22,25,56-57,59H,3-4,9-16,19-21H2,1-2H3,(H,49,58)(H,52,60). The number of ether oxygens (including phenoxy) is 2. The van der Waals surface area contributed by atoms with Crippen molar-refractivity contribution in [2.24, 2.45) is 0 Å². The van der Waals surface area contributed by atoms with Crippen molar-refractivity contribution < 1.29 is 69.9 Å². The molecule has 344 valence electrons. The van der Waals surface area contributed by atoms with Crippen LogP contribution in [0.25, 0.3) is 11.3 Å². The molecule has 5 N–H and O–H groups in total. The smallest absolute Gasteiger partial charge is 0.416 e. The van der Waals surface area contributed by atoms with Crippen LogP contribution < -0.4 is 15.4 Å². The number of likely N-dealkylation sites (N-methyl/N-ethyl adjacent to an activating group) is 2. The van der Waals surface area contributed by atoms with E-state index < -0.39 is 97.9 Å². The Bertz CT molecular complexity index is 2170. The van der Waals surface area contributed by atoms with Crippen LogP contribution in [-0.4, -0.2) is 130 Å². The van der Waals surface area contributed by atoms with E-state index in [1.54, 1.807) is 11.9 Å². The Kier molecular flexibility index (Phi) is 16.3. The van der Waals surface area contributed by atoms with Crippen molar-refractivity contribution in [3.8, 4) is 17.0 Å². The molecule has 63 heavy (non-hydrogen) atoms. The Balaban J connectivity index is 1.29. The first-order valence-corrected chi connectivity index (χ1v) is 20.6. The summed E-state index contributed by atoms with van der Waals surface area (Å²) in [6, 6.07) is 5.14. The minimum atomic E-state index is -4.90. The number of hydrazine groups is 1. The van der Waals surface area contributed by atoms with Crippen LogP contribution in [0.5, 0.6) is 5.75 Å². The third-order valence-electron chi connectivity index (χ3n) is 10.6. The normalized spacial score (nSPS) is 16.3. The number of nitrogens with zero attached hydrogens (tertiary/aromatic N) is 5. The molecule has 2 aromatic carbocycles. The molecule has 1 atom stereocenters.